The van der Waals surface area contributed by atoms with Gasteiger partial charge >= 0.3 is 0 Å². The number of nitrogens with zero attached hydrogens (tertiary/aromatic N) is 1. The molecule has 2 atom stereocenters. The van der Waals surface area contributed by atoms with E-state index in [-0.39, 0.29) is 5.41 Å². The second kappa shape index (κ2) is 7.95. The highest BCUT2D eigenvalue weighted by molar-refractivity contribution is 5.25. The average Bonchev–Trinajstić information content (AvgIpc) is 2.54. The van der Waals surface area contributed by atoms with Crippen LogP contribution in [0.2, 0.25) is 0 Å². The summed E-state index contributed by atoms with van der Waals surface area (Å²) in [5.74, 6) is 0. The fourth-order valence-electron chi connectivity index (χ4n) is 3.67. The van der Waals surface area contributed by atoms with Crippen molar-refractivity contribution in [2.24, 2.45) is 0 Å². The molecule has 118 valence electrons. The monoisotopic (exact) mass is 288 g/mol. The molecule has 21 heavy (non-hydrogen) atoms. The number of nitrogens with one attached hydrogen (secondary N) is 1. The second-order valence-corrected chi connectivity index (χ2v) is 6.74. The third-order valence-corrected chi connectivity index (χ3v) is 5.01. The van der Waals surface area contributed by atoms with Crippen LogP contribution in [0.5, 0.6) is 0 Å². The van der Waals surface area contributed by atoms with Gasteiger partial charge in [0.2, 0.25) is 0 Å². The Morgan fingerprint density at radius 2 is 1.95 bits per heavy atom. The number of likely N-dealkylation sites (tertiary alicyclic amines) is 1. The molecule has 0 amide bonds. The van der Waals surface area contributed by atoms with Gasteiger partial charge in [-0.3, -0.25) is 4.90 Å². The van der Waals surface area contributed by atoms with Crippen LogP contribution in [0.15, 0.2) is 30.3 Å². The van der Waals surface area contributed by atoms with Crippen molar-refractivity contribution in [3.05, 3.63) is 35.9 Å². The number of likely N-dealkylation sites (N-methyl/N-ethyl adjacent to an activating group) is 1. The van der Waals surface area contributed by atoms with Crippen molar-refractivity contribution in [1.82, 2.24) is 10.2 Å². The molecule has 1 heterocycles. The summed E-state index contributed by atoms with van der Waals surface area (Å²) in [7, 11) is 0. The summed E-state index contributed by atoms with van der Waals surface area (Å²) in [6, 6.07) is 11.8. The molecule has 0 radical (unpaired) electrons. The Morgan fingerprint density at radius 3 is 2.62 bits per heavy atom. The van der Waals surface area contributed by atoms with E-state index in [0.717, 1.165) is 19.1 Å². The van der Waals surface area contributed by atoms with Crippen LogP contribution in [0.1, 0.15) is 52.0 Å². The van der Waals surface area contributed by atoms with Crippen LogP contribution in [0, 0.1) is 0 Å². The Kier molecular flexibility index (Phi) is 6.25. The highest BCUT2D eigenvalue weighted by atomic mass is 15.2. The Morgan fingerprint density at radius 1 is 1.19 bits per heavy atom. The van der Waals surface area contributed by atoms with Gasteiger partial charge in [-0.15, -0.1) is 0 Å². The SMILES string of the molecule is CCNCC(C)(CN1CCCCC1CC)c1ccccc1. The first-order valence-electron chi connectivity index (χ1n) is 8.70. The van der Waals surface area contributed by atoms with E-state index < -0.39 is 0 Å². The molecular weight excluding hydrogens is 256 g/mol. The van der Waals surface area contributed by atoms with E-state index in [1.165, 1.54) is 44.3 Å². The van der Waals surface area contributed by atoms with Gasteiger partial charge in [-0.05, 0) is 37.9 Å². The molecule has 0 bridgehead atoms. The van der Waals surface area contributed by atoms with Crippen molar-refractivity contribution in [1.29, 1.82) is 0 Å². The first kappa shape index (κ1) is 16.5. The van der Waals surface area contributed by atoms with E-state index >= 15 is 0 Å². The minimum Gasteiger partial charge on any atom is -0.316 e. The van der Waals surface area contributed by atoms with Gasteiger partial charge in [-0.2, -0.15) is 0 Å². The van der Waals surface area contributed by atoms with E-state index in [1.54, 1.807) is 0 Å². The quantitative estimate of drug-likeness (QED) is 0.820. The Balaban J connectivity index is 2.15. The van der Waals surface area contributed by atoms with Gasteiger partial charge < -0.3 is 5.32 Å². The van der Waals surface area contributed by atoms with Crippen molar-refractivity contribution < 1.29 is 0 Å². The molecule has 1 fully saturated rings. The van der Waals surface area contributed by atoms with E-state index in [2.05, 4.69) is 61.3 Å². The Labute approximate surface area is 130 Å². The molecule has 2 heteroatoms. The molecule has 1 aromatic carbocycles. The highest BCUT2D eigenvalue weighted by Gasteiger charge is 2.32. The van der Waals surface area contributed by atoms with Gasteiger partial charge in [0.05, 0.1) is 0 Å². The lowest BCUT2D eigenvalue weighted by molar-refractivity contribution is 0.113. The van der Waals surface area contributed by atoms with Crippen LogP contribution in [-0.2, 0) is 5.41 Å². The number of rotatable bonds is 7. The molecule has 1 aromatic rings. The third kappa shape index (κ3) is 4.31. The summed E-state index contributed by atoms with van der Waals surface area (Å²) in [5, 5.41) is 3.58. The van der Waals surface area contributed by atoms with Crippen molar-refractivity contribution in [2.75, 3.05) is 26.2 Å². The minimum absolute atomic E-state index is 0.196. The zero-order valence-electron chi connectivity index (χ0n) is 14.1. The zero-order chi connectivity index (χ0) is 15.1. The fraction of sp³-hybridized carbons (Fsp3) is 0.684. The summed E-state index contributed by atoms with van der Waals surface area (Å²) in [4.78, 5) is 2.74. The lowest BCUT2D eigenvalue weighted by Gasteiger charge is -2.42. The van der Waals surface area contributed by atoms with Gasteiger partial charge in [0.1, 0.15) is 0 Å². The normalized spacial score (nSPS) is 22.9. The molecule has 1 N–H and O–H groups in total. The Hall–Kier alpha value is -0.860. The predicted octanol–water partition coefficient (Wildman–Crippen LogP) is 3.82. The molecule has 0 saturated carbocycles. The number of hydrogen-bond donors (Lipinski definition) is 1. The first-order chi connectivity index (χ1) is 10.2. The van der Waals surface area contributed by atoms with Crippen molar-refractivity contribution in [3.63, 3.8) is 0 Å². The Bertz CT molecular complexity index is 403. The molecule has 2 unspecified atom stereocenters. The van der Waals surface area contributed by atoms with E-state index in [9.17, 15) is 0 Å². The lowest BCUT2D eigenvalue weighted by Crippen LogP contribution is -2.50. The fourth-order valence-corrected chi connectivity index (χ4v) is 3.67. The molecular formula is C19H32N2. The van der Waals surface area contributed by atoms with Crippen LogP contribution in [0.4, 0.5) is 0 Å². The first-order valence-corrected chi connectivity index (χ1v) is 8.70. The highest BCUT2D eigenvalue weighted by Crippen LogP contribution is 2.28. The third-order valence-electron chi connectivity index (χ3n) is 5.01. The summed E-state index contributed by atoms with van der Waals surface area (Å²) >= 11 is 0. The zero-order valence-corrected chi connectivity index (χ0v) is 14.1. The van der Waals surface area contributed by atoms with E-state index in [4.69, 9.17) is 0 Å². The van der Waals surface area contributed by atoms with Gasteiger partial charge in [0.25, 0.3) is 0 Å². The smallest absolute Gasteiger partial charge is 0.0177 e. The standard InChI is InChI=1S/C19H32N2/c1-4-18-13-9-10-14-21(18)16-19(3,15-20-5-2)17-11-7-6-8-12-17/h6-8,11-12,18,20H,4-5,9-10,13-16H2,1-3H3. The molecule has 0 spiro atoms. The number of piperidine rings is 1. The maximum absolute atomic E-state index is 3.58. The lowest BCUT2D eigenvalue weighted by atomic mass is 9.80. The van der Waals surface area contributed by atoms with Gasteiger partial charge in [0, 0.05) is 24.5 Å². The maximum Gasteiger partial charge on any atom is 0.0177 e. The molecule has 1 aliphatic heterocycles. The number of benzene rings is 1. The summed E-state index contributed by atoms with van der Waals surface area (Å²) < 4.78 is 0. The second-order valence-electron chi connectivity index (χ2n) is 6.74. The molecule has 2 rings (SSSR count). The van der Waals surface area contributed by atoms with Gasteiger partial charge in [0.15, 0.2) is 0 Å². The molecule has 0 aromatic heterocycles. The van der Waals surface area contributed by atoms with Crippen LogP contribution >= 0.6 is 0 Å². The molecule has 1 saturated heterocycles. The molecule has 0 aliphatic carbocycles. The van der Waals surface area contributed by atoms with Crippen molar-refractivity contribution in [2.45, 2.75) is 57.9 Å². The van der Waals surface area contributed by atoms with Crippen LogP contribution < -0.4 is 5.32 Å². The van der Waals surface area contributed by atoms with Crippen molar-refractivity contribution >= 4 is 0 Å². The minimum atomic E-state index is 0.196. The van der Waals surface area contributed by atoms with Crippen LogP contribution in [0.25, 0.3) is 0 Å². The van der Waals surface area contributed by atoms with Crippen LogP contribution in [-0.4, -0.2) is 37.1 Å². The average molecular weight is 288 g/mol. The topological polar surface area (TPSA) is 15.3 Å². The molecule has 2 nitrogen and oxygen atoms in total. The largest absolute Gasteiger partial charge is 0.316 e. The maximum atomic E-state index is 3.58. The predicted molar refractivity (Wildman–Crippen MR) is 91.8 cm³/mol. The van der Waals surface area contributed by atoms with Gasteiger partial charge in [-0.1, -0.05) is 57.5 Å². The summed E-state index contributed by atoms with van der Waals surface area (Å²) in [5.41, 5.74) is 1.66. The van der Waals surface area contributed by atoms with Gasteiger partial charge in [-0.25, -0.2) is 0 Å². The van der Waals surface area contributed by atoms with Crippen LogP contribution in [0.3, 0.4) is 0 Å². The summed E-state index contributed by atoms with van der Waals surface area (Å²) in [6.07, 6.45) is 5.43. The molecule has 1 aliphatic rings. The van der Waals surface area contributed by atoms with E-state index in [1.807, 2.05) is 0 Å². The summed E-state index contributed by atoms with van der Waals surface area (Å²) in [6.45, 7) is 11.5. The number of hydrogen-bond acceptors (Lipinski definition) is 2. The van der Waals surface area contributed by atoms with Crippen molar-refractivity contribution in [3.8, 4) is 0 Å². The van der Waals surface area contributed by atoms with E-state index in [0.29, 0.717) is 0 Å².